The Labute approximate surface area is 163 Å². The average molecular weight is 383 g/mol. The second-order valence-corrected chi connectivity index (χ2v) is 7.17. The monoisotopic (exact) mass is 382 g/mol. The number of benzene rings is 3. The summed E-state index contributed by atoms with van der Waals surface area (Å²) in [4.78, 5) is 7.93. The van der Waals surface area contributed by atoms with Crippen molar-refractivity contribution in [2.75, 3.05) is 6.54 Å². The van der Waals surface area contributed by atoms with Gasteiger partial charge in [-0.05, 0) is 47.4 Å². The standard InChI is InChI=1S/C22H23FN2OS/c23-20-9-5-6-17(14-20)12-13-25-26-16-19-8-2-4-11-22(19)27-21-10-3-1-7-18(21)15-24/h1-11,14,25H,12-13,15-16,24H2. The average Bonchev–Trinajstić information content (AvgIpc) is 2.69. The van der Waals surface area contributed by atoms with Crippen LogP contribution >= 0.6 is 11.8 Å². The van der Waals surface area contributed by atoms with Crippen LogP contribution in [-0.4, -0.2) is 6.54 Å². The van der Waals surface area contributed by atoms with E-state index in [1.165, 1.54) is 6.07 Å². The van der Waals surface area contributed by atoms with Crippen LogP contribution in [0.3, 0.4) is 0 Å². The largest absolute Gasteiger partial charge is 0.326 e. The van der Waals surface area contributed by atoms with E-state index in [9.17, 15) is 4.39 Å². The Morgan fingerprint density at radius 2 is 1.59 bits per heavy atom. The smallest absolute Gasteiger partial charge is 0.123 e. The van der Waals surface area contributed by atoms with Crippen molar-refractivity contribution >= 4 is 11.8 Å². The lowest BCUT2D eigenvalue weighted by Crippen LogP contribution is -2.17. The highest BCUT2D eigenvalue weighted by molar-refractivity contribution is 7.99. The van der Waals surface area contributed by atoms with Crippen LogP contribution in [-0.2, 0) is 24.4 Å². The van der Waals surface area contributed by atoms with E-state index in [0.717, 1.165) is 26.5 Å². The summed E-state index contributed by atoms with van der Waals surface area (Å²) >= 11 is 1.70. The molecule has 0 bridgehead atoms. The van der Waals surface area contributed by atoms with Crippen LogP contribution in [0.5, 0.6) is 0 Å². The molecule has 0 aliphatic heterocycles. The van der Waals surface area contributed by atoms with Gasteiger partial charge < -0.3 is 5.73 Å². The molecule has 5 heteroatoms. The zero-order chi connectivity index (χ0) is 18.9. The van der Waals surface area contributed by atoms with E-state index in [-0.39, 0.29) is 5.82 Å². The molecule has 3 aromatic rings. The Bertz CT molecular complexity index is 872. The van der Waals surface area contributed by atoms with Crippen LogP contribution in [0.4, 0.5) is 4.39 Å². The summed E-state index contributed by atoms with van der Waals surface area (Å²) in [5.74, 6) is -0.211. The number of rotatable bonds is 9. The van der Waals surface area contributed by atoms with Crippen molar-refractivity contribution in [1.29, 1.82) is 0 Å². The molecule has 27 heavy (non-hydrogen) atoms. The van der Waals surface area contributed by atoms with Crippen LogP contribution in [0.1, 0.15) is 16.7 Å². The maximum atomic E-state index is 13.2. The molecule has 0 aromatic heterocycles. The van der Waals surface area contributed by atoms with Gasteiger partial charge in [-0.1, -0.05) is 60.3 Å². The first kappa shape index (κ1) is 19.6. The number of hydrogen-bond acceptors (Lipinski definition) is 4. The molecule has 0 fully saturated rings. The molecule has 3 aromatic carbocycles. The van der Waals surface area contributed by atoms with E-state index < -0.39 is 0 Å². The summed E-state index contributed by atoms with van der Waals surface area (Å²) in [7, 11) is 0. The Morgan fingerprint density at radius 3 is 2.33 bits per heavy atom. The van der Waals surface area contributed by atoms with Crippen molar-refractivity contribution < 1.29 is 9.23 Å². The molecule has 0 amide bonds. The lowest BCUT2D eigenvalue weighted by atomic mass is 10.1. The van der Waals surface area contributed by atoms with E-state index in [1.54, 1.807) is 23.9 Å². The zero-order valence-corrected chi connectivity index (χ0v) is 15.8. The van der Waals surface area contributed by atoms with Gasteiger partial charge in [0.1, 0.15) is 5.82 Å². The van der Waals surface area contributed by atoms with Gasteiger partial charge in [-0.2, -0.15) is 0 Å². The highest BCUT2D eigenvalue weighted by atomic mass is 32.2. The molecule has 0 radical (unpaired) electrons. The number of hydroxylamine groups is 1. The van der Waals surface area contributed by atoms with Crippen molar-refractivity contribution in [3.05, 3.63) is 95.3 Å². The first-order valence-corrected chi connectivity index (χ1v) is 9.71. The lowest BCUT2D eigenvalue weighted by Gasteiger charge is -2.12. The fourth-order valence-electron chi connectivity index (χ4n) is 2.70. The van der Waals surface area contributed by atoms with Gasteiger partial charge in [-0.15, -0.1) is 0 Å². The predicted octanol–water partition coefficient (Wildman–Crippen LogP) is 4.70. The Kier molecular flexibility index (Phi) is 7.42. The Hall–Kier alpha value is -2.18. The van der Waals surface area contributed by atoms with Gasteiger partial charge in [0.05, 0.1) is 6.61 Å². The van der Waals surface area contributed by atoms with Crippen LogP contribution in [0, 0.1) is 5.82 Å². The minimum atomic E-state index is -0.211. The van der Waals surface area contributed by atoms with Crippen molar-refractivity contribution in [1.82, 2.24) is 5.48 Å². The quantitative estimate of drug-likeness (QED) is 0.416. The Balaban J connectivity index is 1.53. The van der Waals surface area contributed by atoms with Crippen molar-refractivity contribution in [2.45, 2.75) is 29.4 Å². The van der Waals surface area contributed by atoms with E-state index >= 15 is 0 Å². The Morgan fingerprint density at radius 1 is 0.889 bits per heavy atom. The number of halogens is 1. The first-order chi connectivity index (χ1) is 13.3. The molecule has 0 saturated carbocycles. The molecule has 0 aliphatic carbocycles. The van der Waals surface area contributed by atoms with Gasteiger partial charge in [-0.25, -0.2) is 9.87 Å². The fraction of sp³-hybridized carbons (Fsp3) is 0.182. The van der Waals surface area contributed by atoms with Gasteiger partial charge in [0.25, 0.3) is 0 Å². The summed E-state index contributed by atoms with van der Waals surface area (Å²) in [6.45, 7) is 1.59. The maximum absolute atomic E-state index is 13.2. The van der Waals surface area contributed by atoms with Gasteiger partial charge in [-0.3, -0.25) is 4.84 Å². The molecule has 0 spiro atoms. The third-order valence-corrected chi connectivity index (χ3v) is 5.36. The molecule has 0 saturated heterocycles. The third kappa shape index (κ3) is 5.91. The minimum Gasteiger partial charge on any atom is -0.326 e. The zero-order valence-electron chi connectivity index (χ0n) is 15.0. The third-order valence-electron chi connectivity index (χ3n) is 4.12. The van der Waals surface area contributed by atoms with Crippen LogP contribution < -0.4 is 11.2 Å². The second-order valence-electron chi connectivity index (χ2n) is 6.08. The SMILES string of the molecule is NCc1ccccc1Sc1ccccc1CONCCc1cccc(F)c1. The van der Waals surface area contributed by atoms with Crippen molar-refractivity contribution in [3.8, 4) is 0 Å². The van der Waals surface area contributed by atoms with Crippen LogP contribution in [0.2, 0.25) is 0 Å². The summed E-state index contributed by atoms with van der Waals surface area (Å²) in [5, 5.41) is 0. The topological polar surface area (TPSA) is 47.3 Å². The first-order valence-electron chi connectivity index (χ1n) is 8.89. The van der Waals surface area contributed by atoms with Crippen LogP contribution in [0.25, 0.3) is 0 Å². The number of nitrogens with two attached hydrogens (primary N) is 1. The second kappa shape index (κ2) is 10.2. The molecule has 3 nitrogen and oxygen atoms in total. The van der Waals surface area contributed by atoms with E-state index in [2.05, 4.69) is 29.7 Å². The van der Waals surface area contributed by atoms with Gasteiger partial charge in [0.2, 0.25) is 0 Å². The van der Waals surface area contributed by atoms with E-state index in [4.69, 9.17) is 10.6 Å². The summed E-state index contributed by atoms with van der Waals surface area (Å²) in [5.41, 5.74) is 12.0. The van der Waals surface area contributed by atoms with Gasteiger partial charge >= 0.3 is 0 Å². The van der Waals surface area contributed by atoms with Crippen molar-refractivity contribution in [3.63, 3.8) is 0 Å². The number of hydrogen-bond donors (Lipinski definition) is 2. The van der Waals surface area contributed by atoms with E-state index in [1.807, 2.05) is 30.3 Å². The minimum absolute atomic E-state index is 0.211. The molecule has 0 aliphatic rings. The van der Waals surface area contributed by atoms with Gasteiger partial charge in [0, 0.05) is 22.9 Å². The van der Waals surface area contributed by atoms with Crippen LogP contribution in [0.15, 0.2) is 82.6 Å². The summed E-state index contributed by atoms with van der Waals surface area (Å²) < 4.78 is 13.2. The van der Waals surface area contributed by atoms with E-state index in [0.29, 0.717) is 26.1 Å². The lowest BCUT2D eigenvalue weighted by molar-refractivity contribution is 0.0277. The number of nitrogens with one attached hydrogen (secondary N) is 1. The predicted molar refractivity (Wildman–Crippen MR) is 108 cm³/mol. The fourth-order valence-corrected chi connectivity index (χ4v) is 3.77. The maximum Gasteiger partial charge on any atom is 0.123 e. The molecular formula is C22H23FN2OS. The molecule has 3 N–H and O–H groups in total. The highest BCUT2D eigenvalue weighted by Crippen LogP contribution is 2.32. The molecule has 3 rings (SSSR count). The highest BCUT2D eigenvalue weighted by Gasteiger charge is 2.07. The van der Waals surface area contributed by atoms with Crippen molar-refractivity contribution in [2.24, 2.45) is 5.73 Å². The molecule has 0 heterocycles. The summed E-state index contributed by atoms with van der Waals surface area (Å²) in [6.07, 6.45) is 0.706. The normalized spacial score (nSPS) is 10.9. The molecule has 0 atom stereocenters. The van der Waals surface area contributed by atoms with Gasteiger partial charge in [0.15, 0.2) is 0 Å². The summed E-state index contributed by atoms with van der Waals surface area (Å²) in [6, 6.07) is 23.0. The molecule has 140 valence electrons. The molecule has 0 unspecified atom stereocenters. The molecular weight excluding hydrogens is 359 g/mol.